The van der Waals surface area contributed by atoms with E-state index in [9.17, 15) is 4.79 Å². The molecule has 0 spiro atoms. The van der Waals surface area contributed by atoms with Crippen molar-refractivity contribution in [3.05, 3.63) is 47.9 Å². The summed E-state index contributed by atoms with van der Waals surface area (Å²) in [6.45, 7) is 3.97. The van der Waals surface area contributed by atoms with Gasteiger partial charge in [-0.3, -0.25) is 4.79 Å². The van der Waals surface area contributed by atoms with Gasteiger partial charge in [0.05, 0.1) is 6.54 Å². The lowest BCUT2D eigenvalue weighted by atomic mass is 10.2. The Morgan fingerprint density at radius 3 is 2.77 bits per heavy atom. The normalized spacial score (nSPS) is 16.2. The first kappa shape index (κ1) is 17.7. The third-order valence-electron chi connectivity index (χ3n) is 3.71. The molecule has 1 aliphatic heterocycles. The van der Waals surface area contributed by atoms with E-state index in [1.54, 1.807) is 6.07 Å². The standard InChI is InChI=1S/C18H22N4O4/c1-2-20-18(21-9-12-7-8-16(25-12)17(19)23)22-10-13-11-24-14-5-3-4-6-15(14)26-13/h3-8,13H,2,9-11H2,1H3,(H2,19,23)(H2,20,21,22). The topological polar surface area (TPSA) is 111 Å². The Balaban J connectivity index is 1.55. The number of amides is 1. The molecule has 0 bridgehead atoms. The zero-order valence-corrected chi connectivity index (χ0v) is 14.5. The molecule has 2 aromatic rings. The number of guanidine groups is 1. The fraction of sp³-hybridized carbons (Fsp3) is 0.333. The van der Waals surface area contributed by atoms with E-state index >= 15 is 0 Å². The van der Waals surface area contributed by atoms with Gasteiger partial charge in [-0.15, -0.1) is 0 Å². The van der Waals surface area contributed by atoms with E-state index in [0.29, 0.717) is 31.4 Å². The Labute approximate surface area is 151 Å². The molecule has 8 nitrogen and oxygen atoms in total. The minimum Gasteiger partial charge on any atom is -0.486 e. The number of para-hydroxylation sites is 2. The molecule has 2 heterocycles. The van der Waals surface area contributed by atoms with E-state index < -0.39 is 5.91 Å². The van der Waals surface area contributed by atoms with Crippen molar-refractivity contribution in [3.63, 3.8) is 0 Å². The monoisotopic (exact) mass is 358 g/mol. The number of furan rings is 1. The lowest BCUT2D eigenvalue weighted by Gasteiger charge is -2.27. The summed E-state index contributed by atoms with van der Waals surface area (Å²) in [5.74, 6) is 2.20. The van der Waals surface area contributed by atoms with E-state index in [1.165, 1.54) is 6.07 Å². The summed E-state index contributed by atoms with van der Waals surface area (Å²) in [5.41, 5.74) is 5.18. The van der Waals surface area contributed by atoms with Crippen LogP contribution in [0, 0.1) is 0 Å². The molecular weight excluding hydrogens is 336 g/mol. The van der Waals surface area contributed by atoms with Gasteiger partial charge in [-0.05, 0) is 31.2 Å². The molecule has 1 amide bonds. The molecule has 26 heavy (non-hydrogen) atoms. The highest BCUT2D eigenvalue weighted by molar-refractivity contribution is 5.89. The summed E-state index contributed by atoms with van der Waals surface area (Å²) >= 11 is 0. The number of nitrogens with one attached hydrogen (secondary N) is 2. The fourth-order valence-electron chi connectivity index (χ4n) is 2.47. The van der Waals surface area contributed by atoms with E-state index in [-0.39, 0.29) is 18.4 Å². The number of fused-ring (bicyclic) bond motifs is 1. The molecule has 0 fully saturated rings. The second kappa shape index (κ2) is 8.28. The van der Waals surface area contributed by atoms with Crippen LogP contribution in [0.25, 0.3) is 0 Å². The molecule has 1 atom stereocenters. The number of hydrogen-bond acceptors (Lipinski definition) is 5. The number of rotatable bonds is 6. The van der Waals surface area contributed by atoms with Gasteiger partial charge in [0.2, 0.25) is 0 Å². The maximum Gasteiger partial charge on any atom is 0.284 e. The minimum atomic E-state index is -0.597. The molecule has 0 aliphatic carbocycles. The molecule has 3 rings (SSSR count). The Kier molecular flexibility index (Phi) is 5.62. The molecule has 1 aliphatic rings. The van der Waals surface area contributed by atoms with Gasteiger partial charge in [-0.25, -0.2) is 4.99 Å². The number of ether oxygens (including phenoxy) is 2. The van der Waals surface area contributed by atoms with Crippen LogP contribution in [-0.2, 0) is 6.54 Å². The molecule has 0 saturated heterocycles. The van der Waals surface area contributed by atoms with Crippen molar-refractivity contribution in [3.8, 4) is 11.5 Å². The molecule has 4 N–H and O–H groups in total. The van der Waals surface area contributed by atoms with Crippen LogP contribution < -0.4 is 25.8 Å². The zero-order valence-electron chi connectivity index (χ0n) is 14.5. The SMILES string of the molecule is CCNC(=NCc1ccc(C(N)=O)o1)NCC1COc2ccccc2O1. The lowest BCUT2D eigenvalue weighted by molar-refractivity contribution is 0.0936. The van der Waals surface area contributed by atoms with E-state index in [1.807, 2.05) is 31.2 Å². The van der Waals surface area contributed by atoms with Crippen LogP contribution in [0.1, 0.15) is 23.2 Å². The summed E-state index contributed by atoms with van der Waals surface area (Å²) in [7, 11) is 0. The molecular formula is C18H22N4O4. The van der Waals surface area contributed by atoms with E-state index in [2.05, 4.69) is 15.6 Å². The van der Waals surface area contributed by atoms with Crippen molar-refractivity contribution in [2.45, 2.75) is 19.6 Å². The molecule has 0 radical (unpaired) electrons. The van der Waals surface area contributed by atoms with Crippen LogP contribution in [0.15, 0.2) is 45.8 Å². The van der Waals surface area contributed by atoms with Gasteiger partial charge >= 0.3 is 0 Å². The third-order valence-corrected chi connectivity index (χ3v) is 3.71. The predicted molar refractivity (Wildman–Crippen MR) is 96.4 cm³/mol. The number of carbonyl (C=O) groups is 1. The van der Waals surface area contributed by atoms with Gasteiger partial charge in [-0.1, -0.05) is 12.1 Å². The van der Waals surface area contributed by atoms with Crippen LogP contribution in [0.2, 0.25) is 0 Å². The number of benzene rings is 1. The number of aliphatic imine (C=N–C) groups is 1. The summed E-state index contributed by atoms with van der Waals surface area (Å²) in [6, 6.07) is 10.8. The Morgan fingerprint density at radius 1 is 1.23 bits per heavy atom. The van der Waals surface area contributed by atoms with Crippen LogP contribution in [0.3, 0.4) is 0 Å². The van der Waals surface area contributed by atoms with Crippen molar-refractivity contribution in [1.82, 2.24) is 10.6 Å². The van der Waals surface area contributed by atoms with Crippen LogP contribution in [0.4, 0.5) is 0 Å². The summed E-state index contributed by atoms with van der Waals surface area (Å²) < 4.78 is 16.9. The Morgan fingerprint density at radius 2 is 2.04 bits per heavy atom. The molecule has 1 aromatic heterocycles. The molecule has 8 heteroatoms. The van der Waals surface area contributed by atoms with Crippen molar-refractivity contribution in [2.75, 3.05) is 19.7 Å². The number of carbonyl (C=O) groups excluding carboxylic acids is 1. The van der Waals surface area contributed by atoms with E-state index in [0.717, 1.165) is 11.5 Å². The number of nitrogens with zero attached hydrogens (tertiary/aromatic N) is 1. The zero-order chi connectivity index (χ0) is 18.4. The van der Waals surface area contributed by atoms with Crippen molar-refractivity contribution < 1.29 is 18.7 Å². The highest BCUT2D eigenvalue weighted by Gasteiger charge is 2.20. The fourth-order valence-corrected chi connectivity index (χ4v) is 2.47. The second-order valence-electron chi connectivity index (χ2n) is 5.70. The number of nitrogens with two attached hydrogens (primary N) is 1. The first-order valence-corrected chi connectivity index (χ1v) is 8.45. The molecule has 1 aromatic carbocycles. The molecule has 0 saturated carbocycles. The largest absolute Gasteiger partial charge is 0.486 e. The quantitative estimate of drug-likeness (QED) is 0.530. The Bertz CT molecular complexity index is 787. The van der Waals surface area contributed by atoms with E-state index in [4.69, 9.17) is 19.6 Å². The second-order valence-corrected chi connectivity index (χ2v) is 5.70. The Hall–Kier alpha value is -3.16. The van der Waals surface area contributed by atoms with Gasteiger partial charge < -0.3 is 30.3 Å². The maximum atomic E-state index is 11.1. The highest BCUT2D eigenvalue weighted by atomic mass is 16.6. The van der Waals surface area contributed by atoms with Gasteiger partial charge in [0, 0.05) is 6.54 Å². The summed E-state index contributed by atoms with van der Waals surface area (Å²) in [5, 5.41) is 6.37. The number of hydrogen-bond donors (Lipinski definition) is 3. The summed E-state index contributed by atoms with van der Waals surface area (Å²) in [6.07, 6.45) is -0.126. The van der Waals surface area contributed by atoms with Crippen LogP contribution in [-0.4, -0.2) is 37.7 Å². The van der Waals surface area contributed by atoms with Crippen LogP contribution in [0.5, 0.6) is 11.5 Å². The van der Waals surface area contributed by atoms with Crippen LogP contribution >= 0.6 is 0 Å². The van der Waals surface area contributed by atoms with Gasteiger partial charge in [0.15, 0.2) is 23.2 Å². The van der Waals surface area contributed by atoms with Crippen molar-refractivity contribution in [2.24, 2.45) is 10.7 Å². The highest BCUT2D eigenvalue weighted by Crippen LogP contribution is 2.30. The molecule has 138 valence electrons. The lowest BCUT2D eigenvalue weighted by Crippen LogP contribution is -2.45. The minimum absolute atomic E-state index is 0.125. The van der Waals surface area contributed by atoms with Crippen molar-refractivity contribution in [1.29, 1.82) is 0 Å². The smallest absolute Gasteiger partial charge is 0.284 e. The summed E-state index contributed by atoms with van der Waals surface area (Å²) in [4.78, 5) is 15.5. The maximum absolute atomic E-state index is 11.1. The average molecular weight is 358 g/mol. The third kappa shape index (κ3) is 4.47. The van der Waals surface area contributed by atoms with Gasteiger partial charge in [0.1, 0.15) is 25.0 Å². The van der Waals surface area contributed by atoms with Crippen molar-refractivity contribution >= 4 is 11.9 Å². The predicted octanol–water partition coefficient (Wildman–Crippen LogP) is 1.27. The first-order chi connectivity index (χ1) is 12.7. The average Bonchev–Trinajstić information content (AvgIpc) is 3.13. The van der Waals surface area contributed by atoms with Gasteiger partial charge in [0.25, 0.3) is 5.91 Å². The number of primary amides is 1. The van der Waals surface area contributed by atoms with Gasteiger partial charge in [-0.2, -0.15) is 0 Å². The molecule has 1 unspecified atom stereocenters. The first-order valence-electron chi connectivity index (χ1n) is 8.45.